The van der Waals surface area contributed by atoms with E-state index in [9.17, 15) is 4.79 Å². The van der Waals surface area contributed by atoms with E-state index in [-0.39, 0.29) is 12.5 Å². The number of aromatic nitrogens is 1. The first-order valence-corrected chi connectivity index (χ1v) is 6.26. The second-order valence-electron chi connectivity index (χ2n) is 4.05. The first kappa shape index (κ1) is 14.4. The lowest BCUT2D eigenvalue weighted by atomic mass is 10.2. The Balaban J connectivity index is 2.73. The van der Waals surface area contributed by atoms with Gasteiger partial charge in [-0.25, -0.2) is 4.98 Å². The third-order valence-corrected chi connectivity index (χ3v) is 2.71. The highest BCUT2D eigenvalue weighted by atomic mass is 16.3. The standard InChI is InChI=1S/C13H21N3O2/c1-3-4-7-16(8-9-17)13(18)11-5-6-12(14-2)15-10-11/h5-6,10,17H,3-4,7-9H2,1-2H3,(H,14,15). The number of carbonyl (C=O) groups is 1. The second kappa shape index (κ2) is 7.66. The van der Waals surface area contributed by atoms with Gasteiger partial charge in [-0.2, -0.15) is 0 Å². The second-order valence-corrected chi connectivity index (χ2v) is 4.05. The maximum absolute atomic E-state index is 12.2. The fourth-order valence-corrected chi connectivity index (χ4v) is 1.64. The smallest absolute Gasteiger partial charge is 0.255 e. The molecular weight excluding hydrogens is 230 g/mol. The van der Waals surface area contributed by atoms with Crippen LogP contribution in [0, 0.1) is 0 Å². The van der Waals surface area contributed by atoms with Crippen LogP contribution in [0.1, 0.15) is 30.1 Å². The van der Waals surface area contributed by atoms with Gasteiger partial charge < -0.3 is 15.3 Å². The zero-order valence-electron chi connectivity index (χ0n) is 11.0. The summed E-state index contributed by atoms with van der Waals surface area (Å²) < 4.78 is 0. The number of nitrogens with one attached hydrogen (secondary N) is 1. The number of unbranched alkanes of at least 4 members (excludes halogenated alkanes) is 1. The van der Waals surface area contributed by atoms with Gasteiger partial charge in [-0.05, 0) is 18.6 Å². The van der Waals surface area contributed by atoms with Crippen LogP contribution in [-0.2, 0) is 0 Å². The molecule has 0 unspecified atom stereocenters. The Morgan fingerprint density at radius 2 is 2.22 bits per heavy atom. The Morgan fingerprint density at radius 3 is 2.72 bits per heavy atom. The molecule has 0 saturated heterocycles. The van der Waals surface area contributed by atoms with E-state index in [1.807, 2.05) is 0 Å². The van der Waals surface area contributed by atoms with Gasteiger partial charge in [0.15, 0.2) is 0 Å². The van der Waals surface area contributed by atoms with Crippen molar-refractivity contribution in [3.63, 3.8) is 0 Å². The number of nitrogens with zero attached hydrogens (tertiary/aromatic N) is 2. The molecule has 1 aromatic heterocycles. The minimum Gasteiger partial charge on any atom is -0.395 e. The van der Waals surface area contributed by atoms with Gasteiger partial charge in [-0.15, -0.1) is 0 Å². The molecule has 100 valence electrons. The van der Waals surface area contributed by atoms with Crippen LogP contribution in [-0.4, -0.2) is 47.6 Å². The van der Waals surface area contributed by atoms with E-state index in [2.05, 4.69) is 17.2 Å². The molecule has 0 aliphatic rings. The van der Waals surface area contributed by atoms with Gasteiger partial charge in [0.2, 0.25) is 0 Å². The molecule has 0 aromatic carbocycles. The van der Waals surface area contributed by atoms with E-state index in [0.29, 0.717) is 18.7 Å². The molecule has 5 heteroatoms. The topological polar surface area (TPSA) is 65.5 Å². The third-order valence-electron chi connectivity index (χ3n) is 2.71. The molecule has 0 aliphatic heterocycles. The van der Waals surface area contributed by atoms with E-state index in [1.54, 1.807) is 30.3 Å². The predicted molar refractivity (Wildman–Crippen MR) is 71.7 cm³/mol. The number of hydrogen-bond acceptors (Lipinski definition) is 4. The van der Waals surface area contributed by atoms with Crippen LogP contribution in [0.25, 0.3) is 0 Å². The van der Waals surface area contributed by atoms with Gasteiger partial charge >= 0.3 is 0 Å². The molecule has 1 rings (SSSR count). The Labute approximate surface area is 108 Å². The van der Waals surface area contributed by atoms with Crippen molar-refractivity contribution in [2.45, 2.75) is 19.8 Å². The number of anilines is 1. The van der Waals surface area contributed by atoms with Crippen molar-refractivity contribution in [3.05, 3.63) is 23.9 Å². The first-order chi connectivity index (χ1) is 8.72. The first-order valence-electron chi connectivity index (χ1n) is 6.26. The van der Waals surface area contributed by atoms with Crippen molar-refractivity contribution in [2.24, 2.45) is 0 Å². The molecule has 1 heterocycles. The summed E-state index contributed by atoms with van der Waals surface area (Å²) in [7, 11) is 1.78. The predicted octanol–water partition coefficient (Wildman–Crippen LogP) is 1.36. The monoisotopic (exact) mass is 251 g/mol. The number of pyridine rings is 1. The lowest BCUT2D eigenvalue weighted by Gasteiger charge is -2.21. The van der Waals surface area contributed by atoms with Crippen molar-refractivity contribution in [3.8, 4) is 0 Å². The molecule has 0 atom stereocenters. The van der Waals surface area contributed by atoms with Crippen molar-refractivity contribution >= 4 is 11.7 Å². The lowest BCUT2D eigenvalue weighted by molar-refractivity contribution is 0.0719. The maximum atomic E-state index is 12.2. The van der Waals surface area contributed by atoms with Gasteiger partial charge in [-0.3, -0.25) is 4.79 Å². The summed E-state index contributed by atoms with van der Waals surface area (Å²) in [5, 5.41) is 11.9. The molecule has 0 spiro atoms. The average Bonchev–Trinajstić information content (AvgIpc) is 2.43. The zero-order valence-corrected chi connectivity index (χ0v) is 11.0. The summed E-state index contributed by atoms with van der Waals surface area (Å²) in [5.74, 6) is 0.654. The van der Waals surface area contributed by atoms with E-state index >= 15 is 0 Å². The van der Waals surface area contributed by atoms with Gasteiger partial charge in [0.05, 0.1) is 12.2 Å². The Morgan fingerprint density at radius 1 is 1.44 bits per heavy atom. The summed E-state index contributed by atoms with van der Waals surface area (Å²) in [4.78, 5) is 18.0. The number of aliphatic hydroxyl groups excluding tert-OH is 1. The number of aliphatic hydroxyl groups is 1. The van der Waals surface area contributed by atoms with Crippen LogP contribution in [0.4, 0.5) is 5.82 Å². The SMILES string of the molecule is CCCCN(CCO)C(=O)c1ccc(NC)nc1. The molecule has 0 saturated carbocycles. The van der Waals surface area contributed by atoms with Crippen molar-refractivity contribution in [1.82, 2.24) is 9.88 Å². The highest BCUT2D eigenvalue weighted by molar-refractivity contribution is 5.94. The van der Waals surface area contributed by atoms with Crippen LogP contribution < -0.4 is 5.32 Å². The average molecular weight is 251 g/mol. The Bertz CT molecular complexity index is 365. The van der Waals surface area contributed by atoms with Crippen LogP contribution in [0.3, 0.4) is 0 Å². The van der Waals surface area contributed by atoms with Gasteiger partial charge in [0.25, 0.3) is 5.91 Å². The maximum Gasteiger partial charge on any atom is 0.255 e. The molecule has 2 N–H and O–H groups in total. The van der Waals surface area contributed by atoms with E-state index in [4.69, 9.17) is 5.11 Å². The van der Waals surface area contributed by atoms with Gasteiger partial charge in [0.1, 0.15) is 5.82 Å². The fourth-order valence-electron chi connectivity index (χ4n) is 1.64. The van der Waals surface area contributed by atoms with E-state index in [1.165, 1.54) is 0 Å². The van der Waals surface area contributed by atoms with E-state index in [0.717, 1.165) is 18.7 Å². The zero-order chi connectivity index (χ0) is 13.4. The van der Waals surface area contributed by atoms with Gasteiger partial charge in [0, 0.05) is 26.3 Å². The number of amides is 1. The minimum absolute atomic E-state index is 0.0164. The van der Waals surface area contributed by atoms with Crippen molar-refractivity contribution in [1.29, 1.82) is 0 Å². The minimum atomic E-state index is -0.0762. The molecule has 1 amide bonds. The molecule has 1 aromatic rings. The molecular formula is C13H21N3O2. The van der Waals surface area contributed by atoms with Crippen LogP contribution >= 0.6 is 0 Å². The number of hydrogen-bond donors (Lipinski definition) is 2. The summed E-state index contributed by atoms with van der Waals surface area (Å²) in [6.45, 7) is 3.10. The van der Waals surface area contributed by atoms with Crippen molar-refractivity contribution in [2.75, 3.05) is 32.1 Å². The number of rotatable bonds is 7. The highest BCUT2D eigenvalue weighted by Crippen LogP contribution is 2.08. The summed E-state index contributed by atoms with van der Waals surface area (Å²) in [6.07, 6.45) is 3.52. The summed E-state index contributed by atoms with van der Waals surface area (Å²) >= 11 is 0. The largest absolute Gasteiger partial charge is 0.395 e. The molecule has 0 radical (unpaired) electrons. The molecule has 5 nitrogen and oxygen atoms in total. The molecule has 18 heavy (non-hydrogen) atoms. The fraction of sp³-hybridized carbons (Fsp3) is 0.538. The highest BCUT2D eigenvalue weighted by Gasteiger charge is 2.14. The van der Waals surface area contributed by atoms with Crippen LogP contribution in [0.2, 0.25) is 0 Å². The van der Waals surface area contributed by atoms with Crippen molar-refractivity contribution < 1.29 is 9.90 Å². The van der Waals surface area contributed by atoms with Crippen LogP contribution in [0.5, 0.6) is 0 Å². The lowest BCUT2D eigenvalue weighted by Crippen LogP contribution is -2.34. The van der Waals surface area contributed by atoms with Gasteiger partial charge in [-0.1, -0.05) is 13.3 Å². The molecule has 0 bridgehead atoms. The Hall–Kier alpha value is -1.62. The molecule has 0 fully saturated rings. The summed E-state index contributed by atoms with van der Waals surface area (Å²) in [5.41, 5.74) is 0.554. The Kier molecular flexibility index (Phi) is 6.14. The number of carbonyl (C=O) groups excluding carboxylic acids is 1. The third kappa shape index (κ3) is 4.00. The van der Waals surface area contributed by atoms with E-state index < -0.39 is 0 Å². The summed E-state index contributed by atoms with van der Waals surface area (Å²) in [6, 6.07) is 3.52. The quantitative estimate of drug-likeness (QED) is 0.768. The molecule has 0 aliphatic carbocycles. The van der Waals surface area contributed by atoms with Crippen LogP contribution in [0.15, 0.2) is 18.3 Å². The normalized spacial score (nSPS) is 10.2.